The van der Waals surface area contributed by atoms with Crippen molar-refractivity contribution in [1.82, 2.24) is 0 Å². The van der Waals surface area contributed by atoms with Gasteiger partial charge in [-0.25, -0.2) is 0 Å². The Morgan fingerprint density at radius 3 is 1.23 bits per heavy atom. The highest BCUT2D eigenvalue weighted by Crippen LogP contribution is 2.37. The van der Waals surface area contributed by atoms with E-state index in [1.54, 1.807) is 7.11 Å². The lowest BCUT2D eigenvalue weighted by atomic mass is 9.79. The second kappa shape index (κ2) is 25.1. The molecule has 2 aliphatic carbocycles. The molecule has 0 radical (unpaired) electrons. The van der Waals surface area contributed by atoms with Crippen molar-refractivity contribution in [3.8, 4) is 35.2 Å². The monoisotopic (exact) mass is 763 g/mol. The third kappa shape index (κ3) is 15.5. The van der Waals surface area contributed by atoms with E-state index in [1.807, 2.05) is 6.92 Å². The Morgan fingerprint density at radius 2 is 0.860 bits per heavy atom. The highest BCUT2D eigenvalue weighted by atomic mass is 16.5. The maximum Gasteiger partial charge on any atom is 0.119 e. The van der Waals surface area contributed by atoms with E-state index in [2.05, 4.69) is 135 Å². The normalized spacial score (nSPS) is 18.8. The predicted molar refractivity (Wildman–Crippen MR) is 242 cm³/mol. The van der Waals surface area contributed by atoms with Gasteiger partial charge in [0.25, 0.3) is 0 Å². The predicted octanol–water partition coefficient (Wildman–Crippen LogP) is 14.7. The minimum Gasteiger partial charge on any atom is -0.497 e. The number of hydrogen-bond acceptors (Lipinski definition) is 2. The van der Waals surface area contributed by atoms with Crippen LogP contribution in [0.2, 0.25) is 0 Å². The minimum atomic E-state index is 0.544. The first-order chi connectivity index (χ1) is 28.1. The van der Waals surface area contributed by atoms with Gasteiger partial charge in [0.2, 0.25) is 0 Å². The highest BCUT2D eigenvalue weighted by Gasteiger charge is 2.22. The summed E-state index contributed by atoms with van der Waals surface area (Å²) in [6.45, 7) is 7.28. The Morgan fingerprint density at radius 1 is 0.456 bits per heavy atom. The molecule has 0 saturated heterocycles. The van der Waals surface area contributed by atoms with Gasteiger partial charge in [0, 0.05) is 23.0 Å². The summed E-state index contributed by atoms with van der Waals surface area (Å²) in [6.07, 6.45) is 22.8. The number of ether oxygens (including phenoxy) is 2. The molecule has 0 amide bonds. The number of hydrogen-bond donors (Lipinski definition) is 0. The fraction of sp³-hybridized carbons (Fsp3) is 0.491. The van der Waals surface area contributed by atoms with Crippen LogP contribution in [0.5, 0.6) is 11.5 Å². The van der Waals surface area contributed by atoms with Crippen molar-refractivity contribution >= 4 is 0 Å². The van der Waals surface area contributed by atoms with Crippen LogP contribution in [0.3, 0.4) is 0 Å². The van der Waals surface area contributed by atoms with Crippen LogP contribution in [0.25, 0.3) is 0 Å². The van der Waals surface area contributed by atoms with Crippen LogP contribution in [-0.4, -0.2) is 13.7 Å². The molecule has 0 atom stereocenters. The summed E-state index contributed by atoms with van der Waals surface area (Å²) in [7, 11) is 1.72. The largest absolute Gasteiger partial charge is 0.497 e. The van der Waals surface area contributed by atoms with Crippen LogP contribution in [0.1, 0.15) is 169 Å². The fourth-order valence-corrected chi connectivity index (χ4v) is 8.41. The summed E-state index contributed by atoms with van der Waals surface area (Å²) in [5.74, 6) is 18.3. The van der Waals surface area contributed by atoms with Crippen molar-refractivity contribution < 1.29 is 9.47 Å². The van der Waals surface area contributed by atoms with E-state index in [0.717, 1.165) is 29.2 Å². The first kappa shape index (κ1) is 43.7. The first-order valence-electron chi connectivity index (χ1n) is 22.6. The molecule has 302 valence electrons. The van der Waals surface area contributed by atoms with Gasteiger partial charge < -0.3 is 9.47 Å². The molecular weight excluding hydrogens is 693 g/mol. The Balaban J connectivity index is 0.000000218. The Kier molecular flexibility index (Phi) is 19.2. The molecule has 6 rings (SSSR count). The Hall–Kier alpha value is -4.40. The molecule has 2 heteroatoms. The van der Waals surface area contributed by atoms with Crippen LogP contribution >= 0.6 is 0 Å². The molecular formula is C55H70O2. The number of benzene rings is 4. The molecule has 2 nitrogen and oxygen atoms in total. The van der Waals surface area contributed by atoms with Gasteiger partial charge in [-0.15, -0.1) is 0 Å². The van der Waals surface area contributed by atoms with Gasteiger partial charge in [0.1, 0.15) is 11.5 Å². The molecule has 0 spiro atoms. The number of aryl methyl sites for hydroxylation is 2. The second-order valence-corrected chi connectivity index (χ2v) is 16.4. The van der Waals surface area contributed by atoms with Crippen LogP contribution in [0.4, 0.5) is 0 Å². The van der Waals surface area contributed by atoms with Gasteiger partial charge in [-0.1, -0.05) is 125 Å². The maximum atomic E-state index is 5.56. The molecule has 0 heterocycles. The average molecular weight is 763 g/mol. The lowest BCUT2D eigenvalue weighted by molar-refractivity contribution is 0.339. The third-order valence-electron chi connectivity index (χ3n) is 12.1. The summed E-state index contributed by atoms with van der Waals surface area (Å²) in [5.41, 5.74) is 8.12. The van der Waals surface area contributed by atoms with Gasteiger partial charge >= 0.3 is 0 Å². The topological polar surface area (TPSA) is 18.5 Å². The molecule has 0 aromatic heterocycles. The standard InChI is InChI=1S/C28H36O.C27H34O/c1-3-5-6-7-8-23-9-11-24(12-10-23)13-14-25-15-17-26(18-16-25)27-19-21-28(22-20-27)29-4-2;1-3-4-5-6-7-22-8-10-23(11-9-22)12-13-24-14-16-25(17-15-24)26-18-20-27(28-2)21-19-26/h9-12,19-22,25-26H,3-8,15-18H2,1-2H3;8-11,18-21,24-25H,3-7,14-17H2,1-2H3/t25-,26-;24-,25-. The van der Waals surface area contributed by atoms with E-state index in [1.165, 1.54) is 138 Å². The highest BCUT2D eigenvalue weighted by molar-refractivity contribution is 5.38. The van der Waals surface area contributed by atoms with Gasteiger partial charge in [-0.3, -0.25) is 0 Å². The summed E-state index contributed by atoms with van der Waals surface area (Å²) < 4.78 is 10.8. The zero-order valence-corrected chi connectivity index (χ0v) is 35.8. The molecule has 57 heavy (non-hydrogen) atoms. The van der Waals surface area contributed by atoms with Crippen LogP contribution in [-0.2, 0) is 12.8 Å². The molecule has 2 aliphatic rings. The fourth-order valence-electron chi connectivity index (χ4n) is 8.41. The van der Waals surface area contributed by atoms with Gasteiger partial charge in [0.05, 0.1) is 13.7 Å². The Labute approximate surface area is 347 Å². The van der Waals surface area contributed by atoms with E-state index in [-0.39, 0.29) is 0 Å². The maximum absolute atomic E-state index is 5.56. The average Bonchev–Trinajstić information content (AvgIpc) is 3.27. The quantitative estimate of drug-likeness (QED) is 0.0887. The van der Waals surface area contributed by atoms with Crippen molar-refractivity contribution in [3.05, 3.63) is 130 Å². The summed E-state index contributed by atoms with van der Waals surface area (Å²) in [5, 5.41) is 0. The molecule has 0 bridgehead atoms. The van der Waals surface area contributed by atoms with Crippen LogP contribution < -0.4 is 9.47 Å². The molecule has 0 N–H and O–H groups in total. The molecule has 2 fully saturated rings. The molecule has 0 aliphatic heterocycles. The summed E-state index contributed by atoms with van der Waals surface area (Å²) >= 11 is 0. The third-order valence-corrected chi connectivity index (χ3v) is 12.1. The zero-order chi connectivity index (χ0) is 39.9. The first-order valence-corrected chi connectivity index (χ1v) is 22.6. The van der Waals surface area contributed by atoms with E-state index in [0.29, 0.717) is 23.7 Å². The second-order valence-electron chi connectivity index (χ2n) is 16.4. The van der Waals surface area contributed by atoms with E-state index >= 15 is 0 Å². The molecule has 2 saturated carbocycles. The number of unbranched alkanes of at least 4 members (excludes halogenated alkanes) is 6. The van der Waals surface area contributed by atoms with Crippen molar-refractivity contribution in [2.45, 2.75) is 148 Å². The van der Waals surface area contributed by atoms with Gasteiger partial charge in [0.15, 0.2) is 0 Å². The Bertz CT molecular complexity index is 1800. The molecule has 4 aromatic carbocycles. The smallest absolute Gasteiger partial charge is 0.119 e. The van der Waals surface area contributed by atoms with Crippen molar-refractivity contribution in [3.63, 3.8) is 0 Å². The van der Waals surface area contributed by atoms with Crippen molar-refractivity contribution in [2.75, 3.05) is 13.7 Å². The zero-order valence-electron chi connectivity index (χ0n) is 35.8. The molecule has 0 unspecified atom stereocenters. The van der Waals surface area contributed by atoms with Crippen molar-refractivity contribution in [2.24, 2.45) is 11.8 Å². The van der Waals surface area contributed by atoms with Crippen LogP contribution in [0.15, 0.2) is 97.1 Å². The van der Waals surface area contributed by atoms with Gasteiger partial charge in [-0.2, -0.15) is 0 Å². The lowest BCUT2D eigenvalue weighted by Crippen LogP contribution is -2.12. The van der Waals surface area contributed by atoms with E-state index in [9.17, 15) is 0 Å². The van der Waals surface area contributed by atoms with Crippen LogP contribution in [0, 0.1) is 35.5 Å². The van der Waals surface area contributed by atoms with Crippen molar-refractivity contribution in [1.29, 1.82) is 0 Å². The lowest BCUT2D eigenvalue weighted by Gasteiger charge is -2.26. The van der Waals surface area contributed by atoms with E-state index < -0.39 is 0 Å². The summed E-state index contributed by atoms with van der Waals surface area (Å²) in [4.78, 5) is 0. The van der Waals surface area contributed by atoms with Gasteiger partial charge in [-0.05, 0) is 167 Å². The SMILES string of the molecule is CCCCCCc1ccc(C#C[C@H]2CC[C@H](c3ccc(OC)cc3)CC2)cc1.CCCCCCc1ccc(C#C[C@H]2CC[C@H](c3ccc(OCC)cc3)CC2)cc1. The summed E-state index contributed by atoms with van der Waals surface area (Å²) in [6, 6.07) is 35.2. The number of methoxy groups -OCH3 is 1. The van der Waals surface area contributed by atoms with E-state index in [4.69, 9.17) is 9.47 Å². The molecule has 4 aromatic rings. The number of rotatable bonds is 15. The minimum absolute atomic E-state index is 0.544.